The van der Waals surface area contributed by atoms with Gasteiger partial charge in [-0.25, -0.2) is 9.78 Å². The third kappa shape index (κ3) is 4.67. The lowest BCUT2D eigenvalue weighted by atomic mass is 10.0. The lowest BCUT2D eigenvalue weighted by Gasteiger charge is -2.41. The minimum Gasteiger partial charge on any atom is -0.483 e. The van der Waals surface area contributed by atoms with Crippen LogP contribution in [0.3, 0.4) is 0 Å². The van der Waals surface area contributed by atoms with Gasteiger partial charge in [0.2, 0.25) is 0 Å². The number of carbonyl (C=O) groups excluding carboxylic acids is 1. The number of rotatable bonds is 2. The summed E-state index contributed by atoms with van der Waals surface area (Å²) in [5.74, 6) is 0.769. The first-order chi connectivity index (χ1) is 16.2. The van der Waals surface area contributed by atoms with E-state index in [0.717, 1.165) is 59.6 Å². The number of carboxylic acid groups (broad SMARTS) is 1. The van der Waals surface area contributed by atoms with E-state index in [1.165, 1.54) is 5.69 Å². The predicted octanol–water partition coefficient (Wildman–Crippen LogP) is 2.76. The number of pyridine rings is 1. The zero-order valence-corrected chi connectivity index (χ0v) is 20.0. The van der Waals surface area contributed by atoms with Crippen molar-refractivity contribution in [3.8, 4) is 0 Å². The quantitative estimate of drug-likeness (QED) is 0.499. The summed E-state index contributed by atoms with van der Waals surface area (Å²) in [6, 6.07) is 5.88. The van der Waals surface area contributed by atoms with E-state index in [4.69, 9.17) is 9.90 Å². The van der Waals surface area contributed by atoms with Crippen LogP contribution in [0, 0.1) is 6.92 Å². The second kappa shape index (κ2) is 9.30. The number of carbonyl (C=O) groups is 2. The average Bonchev–Trinajstić information content (AvgIpc) is 3.37. The molecule has 3 aromatic rings. The van der Waals surface area contributed by atoms with Crippen LogP contribution in [0.2, 0.25) is 0 Å². The fraction of sp³-hybridized carbons (Fsp3) is 0.417. The molecule has 3 N–H and O–H groups in total. The molecule has 0 aliphatic carbocycles. The Labute approximate surface area is 198 Å². The second-order valence-corrected chi connectivity index (χ2v) is 9.34. The van der Waals surface area contributed by atoms with E-state index in [9.17, 15) is 4.79 Å². The number of nitrogens with zero attached hydrogens (tertiary/aromatic N) is 5. The Hall–Kier alpha value is -3.66. The molecule has 2 aliphatic heterocycles. The summed E-state index contributed by atoms with van der Waals surface area (Å²) in [5.41, 5.74) is 5.19. The maximum atomic E-state index is 13.2. The topological polar surface area (TPSA) is 116 Å². The van der Waals surface area contributed by atoms with Crippen LogP contribution in [0.25, 0.3) is 10.9 Å². The molecule has 34 heavy (non-hydrogen) atoms. The van der Waals surface area contributed by atoms with Crippen LogP contribution in [0.15, 0.2) is 30.6 Å². The van der Waals surface area contributed by atoms with Crippen molar-refractivity contribution < 1.29 is 14.7 Å². The fourth-order valence-corrected chi connectivity index (χ4v) is 4.81. The van der Waals surface area contributed by atoms with Crippen LogP contribution in [0.4, 0.5) is 22.0 Å². The van der Waals surface area contributed by atoms with Gasteiger partial charge in [0.1, 0.15) is 5.82 Å². The summed E-state index contributed by atoms with van der Waals surface area (Å²) < 4.78 is 1.79. The van der Waals surface area contributed by atoms with E-state index >= 15 is 0 Å². The zero-order chi connectivity index (χ0) is 24.5. The van der Waals surface area contributed by atoms with E-state index < -0.39 is 0 Å². The molecule has 2 aromatic heterocycles. The molecule has 1 aromatic carbocycles. The molecule has 2 amide bonds. The third-order valence-electron chi connectivity index (χ3n) is 6.17. The van der Waals surface area contributed by atoms with Crippen LogP contribution in [0.5, 0.6) is 0 Å². The van der Waals surface area contributed by atoms with Crippen LogP contribution in [-0.4, -0.2) is 64.1 Å². The van der Waals surface area contributed by atoms with Gasteiger partial charge >= 0.3 is 6.03 Å². The van der Waals surface area contributed by atoms with Crippen LogP contribution < -0.4 is 20.4 Å². The van der Waals surface area contributed by atoms with E-state index in [1.807, 2.05) is 38.5 Å². The molecular formula is C24H31N7O3. The number of fused-ring (bicyclic) bond motifs is 2. The minimum atomic E-state index is -0.250. The average molecular weight is 466 g/mol. The van der Waals surface area contributed by atoms with Gasteiger partial charge in [0, 0.05) is 73.5 Å². The smallest absolute Gasteiger partial charge is 0.327 e. The number of amides is 2. The van der Waals surface area contributed by atoms with Gasteiger partial charge in [-0.15, -0.1) is 0 Å². The van der Waals surface area contributed by atoms with E-state index in [2.05, 4.69) is 45.5 Å². The summed E-state index contributed by atoms with van der Waals surface area (Å²) >= 11 is 0. The van der Waals surface area contributed by atoms with Crippen molar-refractivity contribution in [2.75, 3.05) is 41.3 Å². The van der Waals surface area contributed by atoms with Crippen molar-refractivity contribution in [2.24, 2.45) is 7.05 Å². The van der Waals surface area contributed by atoms with Gasteiger partial charge in [-0.2, -0.15) is 5.10 Å². The predicted molar refractivity (Wildman–Crippen MR) is 133 cm³/mol. The molecule has 5 rings (SSSR count). The largest absolute Gasteiger partial charge is 0.483 e. The monoisotopic (exact) mass is 465 g/mol. The normalized spacial score (nSPS) is 16.6. The SMILES string of the molecule is Cc1cc(NC(=O)N2CCc3c(N4CCNC(C)(C)C4)ccnc32)cc2cn(C)nc12.O=CO. The molecule has 10 nitrogen and oxygen atoms in total. The number of urea groups is 1. The molecule has 1 saturated heterocycles. The van der Waals surface area contributed by atoms with Crippen LogP contribution in [0.1, 0.15) is 25.0 Å². The standard InChI is InChI=1S/C23H29N7O.CH2O2/c1-15-11-17(12-16-13-28(4)27-20(15)16)26-22(31)30-9-6-18-19(5-7-24-21(18)30)29-10-8-25-23(2,3)14-29;2-1-3/h5,7,11-13,25H,6,8-10,14H2,1-4H3,(H,26,31);1H,(H,2,3). The Balaban J connectivity index is 0.000000868. The highest BCUT2D eigenvalue weighted by atomic mass is 16.3. The van der Waals surface area contributed by atoms with E-state index in [1.54, 1.807) is 9.58 Å². The highest BCUT2D eigenvalue weighted by Crippen LogP contribution is 2.35. The van der Waals surface area contributed by atoms with E-state index in [-0.39, 0.29) is 18.0 Å². The highest BCUT2D eigenvalue weighted by molar-refractivity contribution is 6.04. The molecule has 2 aliphatic rings. The molecule has 1 fully saturated rings. The zero-order valence-electron chi connectivity index (χ0n) is 20.0. The van der Waals surface area contributed by atoms with Gasteiger partial charge in [0.25, 0.3) is 6.47 Å². The Kier molecular flexibility index (Phi) is 6.43. The molecule has 10 heteroatoms. The summed E-state index contributed by atoms with van der Waals surface area (Å²) in [4.78, 5) is 30.3. The maximum absolute atomic E-state index is 13.2. The first-order valence-electron chi connectivity index (χ1n) is 11.3. The third-order valence-corrected chi connectivity index (χ3v) is 6.17. The number of nitrogens with one attached hydrogen (secondary N) is 2. The van der Waals surface area contributed by atoms with Crippen molar-refractivity contribution in [1.29, 1.82) is 0 Å². The van der Waals surface area contributed by atoms with Gasteiger partial charge in [-0.05, 0) is 51.0 Å². The summed E-state index contributed by atoms with van der Waals surface area (Å²) in [6.45, 7) is 9.68. The molecule has 4 heterocycles. The van der Waals surface area contributed by atoms with Crippen molar-refractivity contribution in [3.05, 3.63) is 41.7 Å². The number of anilines is 3. The molecular weight excluding hydrogens is 434 g/mol. The highest BCUT2D eigenvalue weighted by Gasteiger charge is 2.32. The van der Waals surface area contributed by atoms with Crippen molar-refractivity contribution in [2.45, 2.75) is 32.7 Å². The second-order valence-electron chi connectivity index (χ2n) is 9.34. The molecule has 0 spiro atoms. The van der Waals surface area contributed by atoms with Crippen LogP contribution in [-0.2, 0) is 18.3 Å². The number of hydrogen-bond acceptors (Lipinski definition) is 6. The summed E-state index contributed by atoms with van der Waals surface area (Å²) in [7, 11) is 1.90. The van der Waals surface area contributed by atoms with Gasteiger partial charge in [0.15, 0.2) is 0 Å². The molecule has 0 unspecified atom stereocenters. The number of benzene rings is 1. The van der Waals surface area contributed by atoms with Crippen molar-refractivity contribution in [1.82, 2.24) is 20.1 Å². The minimum absolute atomic E-state index is 0.0624. The lowest BCUT2D eigenvalue weighted by molar-refractivity contribution is -0.122. The van der Waals surface area contributed by atoms with Gasteiger partial charge in [0.05, 0.1) is 5.52 Å². The lowest BCUT2D eigenvalue weighted by Crippen LogP contribution is -2.57. The van der Waals surface area contributed by atoms with Crippen molar-refractivity contribution in [3.63, 3.8) is 0 Å². The Bertz CT molecular complexity index is 1220. The van der Waals surface area contributed by atoms with Gasteiger partial charge in [-0.3, -0.25) is 14.4 Å². The Morgan fingerprint density at radius 2 is 2.06 bits per heavy atom. The maximum Gasteiger partial charge on any atom is 0.327 e. The summed E-state index contributed by atoms with van der Waals surface area (Å²) in [5, 5.41) is 19.0. The molecule has 0 atom stereocenters. The van der Waals surface area contributed by atoms with Gasteiger partial charge in [-0.1, -0.05) is 0 Å². The number of hydrogen-bond donors (Lipinski definition) is 3. The van der Waals surface area contributed by atoms with Crippen LogP contribution >= 0.6 is 0 Å². The van der Waals surface area contributed by atoms with E-state index in [0.29, 0.717) is 6.54 Å². The molecule has 0 bridgehead atoms. The van der Waals surface area contributed by atoms with Gasteiger partial charge < -0.3 is 20.6 Å². The molecule has 0 radical (unpaired) electrons. The number of aromatic nitrogens is 3. The number of piperazine rings is 1. The fourth-order valence-electron chi connectivity index (χ4n) is 4.81. The number of aryl methyl sites for hydroxylation is 2. The Morgan fingerprint density at radius 1 is 1.29 bits per heavy atom. The summed E-state index contributed by atoms with van der Waals surface area (Å²) in [6.07, 6.45) is 4.60. The van der Waals surface area contributed by atoms with Crippen molar-refractivity contribution >= 4 is 40.6 Å². The molecule has 0 saturated carbocycles. The first kappa shape index (κ1) is 23.5. The molecule has 180 valence electrons. The first-order valence-corrected chi connectivity index (χ1v) is 11.3. The Morgan fingerprint density at radius 3 is 2.79 bits per heavy atom.